The SMILES string of the molecule is COc1ccc(C(CNC(=O)CNC(=O)C(C)(C)C)N2CCCCC2)cc1. The third-order valence-corrected chi connectivity index (χ3v) is 4.92. The highest BCUT2D eigenvalue weighted by Gasteiger charge is 2.24. The Hall–Kier alpha value is -2.08. The monoisotopic (exact) mass is 375 g/mol. The summed E-state index contributed by atoms with van der Waals surface area (Å²) < 4.78 is 5.25. The van der Waals surface area contributed by atoms with Gasteiger partial charge in [0.2, 0.25) is 11.8 Å². The van der Waals surface area contributed by atoms with Crippen molar-refractivity contribution in [2.24, 2.45) is 5.41 Å². The second-order valence-corrected chi connectivity index (χ2v) is 8.12. The first-order valence-electron chi connectivity index (χ1n) is 9.74. The number of ether oxygens (including phenoxy) is 1. The second-order valence-electron chi connectivity index (χ2n) is 8.12. The Morgan fingerprint density at radius 1 is 1.07 bits per heavy atom. The summed E-state index contributed by atoms with van der Waals surface area (Å²) in [6.45, 7) is 8.09. The van der Waals surface area contributed by atoms with Crippen LogP contribution in [0.4, 0.5) is 0 Å². The van der Waals surface area contributed by atoms with E-state index in [1.807, 2.05) is 32.9 Å². The van der Waals surface area contributed by atoms with Crippen LogP contribution in [-0.2, 0) is 9.59 Å². The zero-order valence-corrected chi connectivity index (χ0v) is 17.0. The summed E-state index contributed by atoms with van der Waals surface area (Å²) in [6.07, 6.45) is 3.63. The van der Waals surface area contributed by atoms with Gasteiger partial charge in [-0.3, -0.25) is 14.5 Å². The molecule has 0 aliphatic carbocycles. The molecule has 2 rings (SSSR count). The number of hydrogen-bond acceptors (Lipinski definition) is 4. The van der Waals surface area contributed by atoms with Crippen molar-refractivity contribution in [3.8, 4) is 5.75 Å². The Balaban J connectivity index is 1.97. The summed E-state index contributed by atoms with van der Waals surface area (Å²) in [6, 6.07) is 8.16. The van der Waals surface area contributed by atoms with Gasteiger partial charge in [0.25, 0.3) is 0 Å². The molecule has 1 aromatic carbocycles. The summed E-state index contributed by atoms with van der Waals surface area (Å²) in [4.78, 5) is 26.6. The van der Waals surface area contributed by atoms with Gasteiger partial charge < -0.3 is 15.4 Å². The lowest BCUT2D eigenvalue weighted by molar-refractivity contribution is -0.131. The lowest BCUT2D eigenvalue weighted by Crippen LogP contribution is -2.45. The minimum atomic E-state index is -0.500. The van der Waals surface area contributed by atoms with E-state index in [1.54, 1.807) is 7.11 Å². The summed E-state index contributed by atoms with van der Waals surface area (Å²) in [5.41, 5.74) is 0.663. The van der Waals surface area contributed by atoms with Crippen LogP contribution in [-0.4, -0.2) is 50.0 Å². The molecule has 2 N–H and O–H groups in total. The largest absolute Gasteiger partial charge is 0.497 e. The van der Waals surface area contributed by atoms with E-state index in [0.717, 1.165) is 24.4 Å². The fraction of sp³-hybridized carbons (Fsp3) is 0.619. The first-order valence-corrected chi connectivity index (χ1v) is 9.74. The first kappa shape index (κ1) is 21.2. The van der Waals surface area contributed by atoms with Crippen molar-refractivity contribution in [3.63, 3.8) is 0 Å². The van der Waals surface area contributed by atoms with Crippen molar-refractivity contribution in [1.29, 1.82) is 0 Å². The number of benzene rings is 1. The van der Waals surface area contributed by atoms with Crippen molar-refractivity contribution in [1.82, 2.24) is 15.5 Å². The molecule has 1 fully saturated rings. The van der Waals surface area contributed by atoms with Crippen LogP contribution in [0.25, 0.3) is 0 Å². The van der Waals surface area contributed by atoms with Gasteiger partial charge in [0, 0.05) is 12.0 Å². The normalized spacial score (nSPS) is 16.4. The Kier molecular flexibility index (Phi) is 7.66. The Bertz CT molecular complexity index is 617. The van der Waals surface area contributed by atoms with E-state index in [2.05, 4.69) is 27.7 Å². The van der Waals surface area contributed by atoms with E-state index in [4.69, 9.17) is 4.74 Å². The quantitative estimate of drug-likeness (QED) is 0.768. The summed E-state index contributed by atoms with van der Waals surface area (Å²) in [5.74, 6) is 0.536. The fourth-order valence-electron chi connectivity index (χ4n) is 3.21. The number of nitrogens with one attached hydrogen (secondary N) is 2. The molecule has 1 unspecified atom stereocenters. The van der Waals surface area contributed by atoms with E-state index in [9.17, 15) is 9.59 Å². The van der Waals surface area contributed by atoms with Crippen molar-refractivity contribution >= 4 is 11.8 Å². The van der Waals surface area contributed by atoms with Gasteiger partial charge in [-0.2, -0.15) is 0 Å². The second kappa shape index (κ2) is 9.74. The van der Waals surface area contributed by atoms with E-state index >= 15 is 0 Å². The molecule has 0 bridgehead atoms. The number of carbonyl (C=O) groups excluding carboxylic acids is 2. The number of amides is 2. The van der Waals surface area contributed by atoms with Gasteiger partial charge >= 0.3 is 0 Å². The molecule has 1 heterocycles. The maximum absolute atomic E-state index is 12.2. The third kappa shape index (κ3) is 6.54. The molecule has 6 nitrogen and oxygen atoms in total. The van der Waals surface area contributed by atoms with Crippen molar-refractivity contribution < 1.29 is 14.3 Å². The number of rotatable bonds is 7. The number of methoxy groups -OCH3 is 1. The van der Waals surface area contributed by atoms with Crippen LogP contribution < -0.4 is 15.4 Å². The summed E-state index contributed by atoms with van der Waals surface area (Å²) in [5, 5.41) is 5.69. The van der Waals surface area contributed by atoms with Crippen LogP contribution in [0.2, 0.25) is 0 Å². The maximum atomic E-state index is 12.2. The van der Waals surface area contributed by atoms with E-state index in [-0.39, 0.29) is 24.4 Å². The number of nitrogens with zero attached hydrogens (tertiary/aromatic N) is 1. The van der Waals surface area contributed by atoms with Crippen LogP contribution in [0.3, 0.4) is 0 Å². The van der Waals surface area contributed by atoms with Gasteiger partial charge in [-0.15, -0.1) is 0 Å². The topological polar surface area (TPSA) is 70.7 Å². The van der Waals surface area contributed by atoms with Gasteiger partial charge in [0.15, 0.2) is 0 Å². The number of piperidine rings is 1. The predicted octanol–water partition coefficient (Wildman–Crippen LogP) is 2.50. The van der Waals surface area contributed by atoms with E-state index in [1.165, 1.54) is 19.3 Å². The molecule has 0 saturated carbocycles. The Labute approximate surface area is 162 Å². The van der Waals surface area contributed by atoms with Gasteiger partial charge in [0.05, 0.1) is 19.7 Å². The fourth-order valence-corrected chi connectivity index (χ4v) is 3.21. The van der Waals surface area contributed by atoms with Crippen LogP contribution in [0, 0.1) is 5.41 Å². The van der Waals surface area contributed by atoms with Crippen molar-refractivity contribution in [2.45, 2.75) is 46.1 Å². The average Bonchev–Trinajstić information content (AvgIpc) is 2.66. The minimum Gasteiger partial charge on any atom is -0.497 e. The lowest BCUT2D eigenvalue weighted by Gasteiger charge is -2.35. The Morgan fingerprint density at radius 2 is 1.70 bits per heavy atom. The van der Waals surface area contributed by atoms with Crippen LogP contribution in [0.15, 0.2) is 24.3 Å². The molecular formula is C21H33N3O3. The molecule has 1 saturated heterocycles. The molecule has 0 radical (unpaired) electrons. The van der Waals surface area contributed by atoms with E-state index < -0.39 is 5.41 Å². The third-order valence-electron chi connectivity index (χ3n) is 4.92. The van der Waals surface area contributed by atoms with Crippen molar-refractivity contribution in [2.75, 3.05) is 33.3 Å². The predicted molar refractivity (Wildman–Crippen MR) is 107 cm³/mol. The van der Waals surface area contributed by atoms with Crippen molar-refractivity contribution in [3.05, 3.63) is 29.8 Å². The summed E-state index contributed by atoms with van der Waals surface area (Å²) >= 11 is 0. The highest BCUT2D eigenvalue weighted by Crippen LogP contribution is 2.25. The van der Waals surface area contributed by atoms with Gasteiger partial charge in [-0.1, -0.05) is 39.3 Å². The summed E-state index contributed by atoms with van der Waals surface area (Å²) in [7, 11) is 1.66. The molecule has 1 aromatic rings. The molecule has 150 valence electrons. The van der Waals surface area contributed by atoms with Gasteiger partial charge in [-0.05, 0) is 43.6 Å². The average molecular weight is 376 g/mol. The minimum absolute atomic E-state index is 0.00539. The standard InChI is InChI=1S/C21H33N3O3/c1-21(2,3)20(26)23-15-19(25)22-14-18(24-12-6-5-7-13-24)16-8-10-17(27-4)11-9-16/h8-11,18H,5-7,12-15H2,1-4H3,(H,22,25)(H,23,26). The molecule has 1 aliphatic heterocycles. The molecule has 0 spiro atoms. The van der Waals surface area contributed by atoms with Crippen LogP contribution in [0.5, 0.6) is 5.75 Å². The molecule has 1 atom stereocenters. The molecular weight excluding hydrogens is 342 g/mol. The van der Waals surface area contributed by atoms with Crippen LogP contribution >= 0.6 is 0 Å². The molecule has 1 aliphatic rings. The van der Waals surface area contributed by atoms with Crippen LogP contribution in [0.1, 0.15) is 51.6 Å². The smallest absolute Gasteiger partial charge is 0.239 e. The first-order chi connectivity index (χ1) is 12.8. The number of hydrogen-bond donors (Lipinski definition) is 2. The molecule has 6 heteroatoms. The van der Waals surface area contributed by atoms with Gasteiger partial charge in [0.1, 0.15) is 5.75 Å². The highest BCUT2D eigenvalue weighted by atomic mass is 16.5. The maximum Gasteiger partial charge on any atom is 0.239 e. The zero-order valence-electron chi connectivity index (χ0n) is 17.0. The number of carbonyl (C=O) groups is 2. The highest BCUT2D eigenvalue weighted by molar-refractivity contribution is 5.87. The Morgan fingerprint density at radius 3 is 2.26 bits per heavy atom. The molecule has 0 aromatic heterocycles. The molecule has 27 heavy (non-hydrogen) atoms. The van der Waals surface area contributed by atoms with E-state index in [0.29, 0.717) is 6.54 Å². The van der Waals surface area contributed by atoms with Gasteiger partial charge in [-0.25, -0.2) is 0 Å². The number of likely N-dealkylation sites (tertiary alicyclic amines) is 1. The zero-order chi connectivity index (χ0) is 19.9. The molecule has 2 amide bonds. The lowest BCUT2D eigenvalue weighted by atomic mass is 9.96.